The number of piperidine rings is 1. The minimum atomic E-state index is -3.62. The highest BCUT2D eigenvalue weighted by atomic mass is 32.2. The van der Waals surface area contributed by atoms with Crippen molar-refractivity contribution in [3.8, 4) is 5.75 Å². The molecule has 1 saturated carbocycles. The maximum absolute atomic E-state index is 13.3. The summed E-state index contributed by atoms with van der Waals surface area (Å²) in [6, 6.07) is 6.97. The molecule has 1 aromatic carbocycles. The van der Waals surface area contributed by atoms with E-state index in [1.54, 1.807) is 6.07 Å². The Hall–Kier alpha value is -2.39. The molecule has 0 radical (unpaired) electrons. The Morgan fingerprint density at radius 3 is 2.65 bits per heavy atom. The number of aliphatic hydroxyl groups excluding tert-OH is 1. The topological polar surface area (TPSA) is 106 Å². The first-order chi connectivity index (χ1) is 14.9. The van der Waals surface area contributed by atoms with Crippen LogP contribution in [0.25, 0.3) is 0 Å². The standard InChI is InChI=1S/C22H28N2O6S/c1-31(27,28)23-18-6-4-12-24-19(18)14-29-16-10-8-15(9-11-16)17-5-2-3-7-20(17)30-21(13-25)22(24)26/h2-3,5,7,13,15-16,19,25H,4,6,8-12,14H2,1H3/b21-13-,23-18+. The van der Waals surface area contributed by atoms with Gasteiger partial charge in [-0.15, -0.1) is 0 Å². The van der Waals surface area contributed by atoms with Crippen LogP contribution in [-0.4, -0.2) is 61.6 Å². The van der Waals surface area contributed by atoms with Gasteiger partial charge in [-0.2, -0.15) is 4.40 Å². The number of hydrogen-bond acceptors (Lipinski definition) is 6. The molecule has 4 aliphatic rings. The molecule has 1 saturated heterocycles. The molecule has 31 heavy (non-hydrogen) atoms. The summed E-state index contributed by atoms with van der Waals surface area (Å²) in [5, 5.41) is 9.83. The Balaban J connectivity index is 1.74. The van der Waals surface area contributed by atoms with Gasteiger partial charge in [-0.05, 0) is 56.1 Å². The first-order valence-corrected chi connectivity index (χ1v) is 12.5. The first-order valence-electron chi connectivity index (χ1n) is 10.7. The maximum atomic E-state index is 13.3. The van der Waals surface area contributed by atoms with Gasteiger partial charge < -0.3 is 19.5 Å². The molecule has 3 heterocycles. The Morgan fingerprint density at radius 2 is 1.94 bits per heavy atom. The number of amides is 1. The van der Waals surface area contributed by atoms with Gasteiger partial charge in [0.1, 0.15) is 12.0 Å². The van der Waals surface area contributed by atoms with E-state index >= 15 is 0 Å². The molecule has 2 bridgehead atoms. The second-order valence-corrected chi connectivity index (χ2v) is 10.0. The zero-order valence-corrected chi connectivity index (χ0v) is 18.4. The van der Waals surface area contributed by atoms with Crippen LogP contribution in [0.1, 0.15) is 50.0 Å². The van der Waals surface area contributed by atoms with Crippen molar-refractivity contribution >= 4 is 21.6 Å². The van der Waals surface area contributed by atoms with E-state index in [1.165, 1.54) is 4.90 Å². The highest BCUT2D eigenvalue weighted by molar-refractivity contribution is 7.89. The number of aliphatic hydroxyl groups is 1. The Bertz CT molecular complexity index is 995. The van der Waals surface area contributed by atoms with Gasteiger partial charge in [-0.25, -0.2) is 8.42 Å². The molecule has 1 unspecified atom stereocenters. The number of benzene rings is 1. The molecule has 0 aromatic heterocycles. The predicted molar refractivity (Wildman–Crippen MR) is 116 cm³/mol. The monoisotopic (exact) mass is 448 g/mol. The van der Waals surface area contributed by atoms with E-state index in [-0.39, 0.29) is 24.4 Å². The molecule has 1 amide bonds. The molecular weight excluding hydrogens is 420 g/mol. The molecule has 5 rings (SSSR count). The Kier molecular flexibility index (Phi) is 6.34. The summed E-state index contributed by atoms with van der Waals surface area (Å²) < 4.78 is 39.7. The van der Waals surface area contributed by atoms with Crippen LogP contribution in [-0.2, 0) is 19.6 Å². The largest absolute Gasteiger partial charge is 0.511 e. The normalized spacial score (nSPS) is 30.0. The quantitative estimate of drug-likeness (QED) is 0.523. The van der Waals surface area contributed by atoms with E-state index in [0.29, 0.717) is 37.1 Å². The van der Waals surface area contributed by atoms with E-state index in [4.69, 9.17) is 9.47 Å². The van der Waals surface area contributed by atoms with Crippen LogP contribution in [0.15, 0.2) is 40.7 Å². The summed E-state index contributed by atoms with van der Waals surface area (Å²) >= 11 is 0. The smallest absolute Gasteiger partial charge is 0.293 e. The van der Waals surface area contributed by atoms with Gasteiger partial charge in [0.25, 0.3) is 5.91 Å². The van der Waals surface area contributed by atoms with Crippen molar-refractivity contribution in [1.29, 1.82) is 0 Å². The lowest BCUT2D eigenvalue weighted by Crippen LogP contribution is -2.52. The number of sulfonamides is 1. The first kappa shape index (κ1) is 21.8. The minimum Gasteiger partial charge on any atom is -0.511 e. The van der Waals surface area contributed by atoms with E-state index in [0.717, 1.165) is 37.5 Å². The van der Waals surface area contributed by atoms with Crippen LogP contribution in [0.4, 0.5) is 0 Å². The van der Waals surface area contributed by atoms with E-state index in [2.05, 4.69) is 4.40 Å². The number of hydrogen-bond donors (Lipinski definition) is 1. The number of para-hydroxylation sites is 1. The lowest BCUT2D eigenvalue weighted by molar-refractivity contribution is -0.132. The molecule has 0 spiro atoms. The highest BCUT2D eigenvalue weighted by Gasteiger charge is 2.37. The van der Waals surface area contributed by atoms with Crippen molar-refractivity contribution < 1.29 is 27.8 Å². The predicted octanol–water partition coefficient (Wildman–Crippen LogP) is 2.91. The zero-order valence-electron chi connectivity index (χ0n) is 17.6. The number of rotatable bonds is 1. The fraction of sp³-hybridized carbons (Fsp3) is 0.545. The van der Waals surface area contributed by atoms with Crippen LogP contribution in [0, 0.1) is 0 Å². The highest BCUT2D eigenvalue weighted by Crippen LogP contribution is 2.39. The summed E-state index contributed by atoms with van der Waals surface area (Å²) in [5.74, 6) is 0.125. The SMILES string of the molecule is CS(=O)(=O)/N=C1\CCCN2C(=O)/C(=C/O)Oc3ccccc3C3CCC(CC3)OCC12. The lowest BCUT2D eigenvalue weighted by Gasteiger charge is -2.37. The summed E-state index contributed by atoms with van der Waals surface area (Å²) in [7, 11) is -3.62. The molecule has 1 aliphatic carbocycles. The van der Waals surface area contributed by atoms with Crippen molar-refractivity contribution in [2.24, 2.45) is 4.40 Å². The van der Waals surface area contributed by atoms with Gasteiger partial charge in [-0.1, -0.05) is 18.2 Å². The average Bonchev–Trinajstić information content (AvgIpc) is 2.76. The van der Waals surface area contributed by atoms with Crippen LogP contribution in [0.2, 0.25) is 0 Å². The third kappa shape index (κ3) is 4.93. The Labute approximate surface area is 182 Å². The van der Waals surface area contributed by atoms with Gasteiger partial charge >= 0.3 is 0 Å². The van der Waals surface area contributed by atoms with Crippen LogP contribution >= 0.6 is 0 Å². The van der Waals surface area contributed by atoms with Crippen molar-refractivity contribution in [3.05, 3.63) is 41.9 Å². The van der Waals surface area contributed by atoms with Gasteiger partial charge in [0.05, 0.1) is 30.7 Å². The van der Waals surface area contributed by atoms with Crippen molar-refractivity contribution in [1.82, 2.24) is 4.90 Å². The molecule has 1 N–H and O–H groups in total. The molecule has 2 fully saturated rings. The van der Waals surface area contributed by atoms with Gasteiger partial charge in [-0.3, -0.25) is 4.79 Å². The minimum absolute atomic E-state index is 0.0521. The number of ether oxygens (including phenoxy) is 2. The van der Waals surface area contributed by atoms with Crippen molar-refractivity contribution in [2.75, 3.05) is 19.4 Å². The molecule has 8 nitrogen and oxygen atoms in total. The molecular formula is C22H28N2O6S. The van der Waals surface area contributed by atoms with Gasteiger partial charge in [0.2, 0.25) is 15.8 Å². The molecule has 3 aliphatic heterocycles. The summed E-state index contributed by atoms with van der Waals surface area (Å²) in [4.78, 5) is 14.8. The van der Waals surface area contributed by atoms with Crippen LogP contribution in [0.3, 0.4) is 0 Å². The number of fused-ring (bicyclic) bond motifs is 5. The van der Waals surface area contributed by atoms with Gasteiger partial charge in [0, 0.05) is 6.54 Å². The van der Waals surface area contributed by atoms with Crippen molar-refractivity contribution in [2.45, 2.75) is 56.6 Å². The lowest BCUT2D eigenvalue weighted by atomic mass is 9.82. The summed E-state index contributed by atoms with van der Waals surface area (Å²) in [6.07, 6.45) is 6.42. The maximum Gasteiger partial charge on any atom is 0.293 e. The third-order valence-corrected chi connectivity index (χ3v) is 6.77. The molecule has 1 atom stereocenters. The van der Waals surface area contributed by atoms with E-state index in [9.17, 15) is 18.3 Å². The molecule has 9 heteroatoms. The average molecular weight is 449 g/mol. The summed E-state index contributed by atoms with van der Waals surface area (Å²) in [6.45, 7) is 0.562. The van der Waals surface area contributed by atoms with E-state index < -0.39 is 22.0 Å². The second kappa shape index (κ2) is 9.00. The van der Waals surface area contributed by atoms with Crippen LogP contribution in [0.5, 0.6) is 5.75 Å². The van der Waals surface area contributed by atoms with Gasteiger partial charge in [0.15, 0.2) is 0 Å². The zero-order chi connectivity index (χ0) is 22.0. The van der Waals surface area contributed by atoms with Crippen molar-refractivity contribution in [3.63, 3.8) is 0 Å². The molecule has 1 aromatic rings. The Morgan fingerprint density at radius 1 is 1.19 bits per heavy atom. The number of carbonyl (C=O) groups is 1. The fourth-order valence-corrected chi connectivity index (χ4v) is 5.38. The second-order valence-electron chi connectivity index (χ2n) is 8.37. The van der Waals surface area contributed by atoms with Crippen LogP contribution < -0.4 is 4.74 Å². The number of carbonyl (C=O) groups excluding carboxylic acids is 1. The molecule has 168 valence electrons. The summed E-state index contributed by atoms with van der Waals surface area (Å²) in [5.41, 5.74) is 1.42. The van der Waals surface area contributed by atoms with E-state index in [1.807, 2.05) is 18.2 Å². The fourth-order valence-electron chi connectivity index (χ4n) is 4.75. The number of nitrogens with zero attached hydrogens (tertiary/aromatic N) is 2. The third-order valence-electron chi connectivity index (χ3n) is 6.21.